The Morgan fingerprint density at radius 3 is 2.60 bits per heavy atom. The second-order valence-corrected chi connectivity index (χ2v) is 5.19. The summed E-state index contributed by atoms with van der Waals surface area (Å²) in [5.41, 5.74) is 1.54. The molecule has 0 saturated carbocycles. The Labute approximate surface area is 94.2 Å². The van der Waals surface area contributed by atoms with E-state index in [1.165, 1.54) is 31.3 Å². The summed E-state index contributed by atoms with van der Waals surface area (Å²) in [7, 11) is 0. The van der Waals surface area contributed by atoms with Gasteiger partial charge in [-0.05, 0) is 46.5 Å². The van der Waals surface area contributed by atoms with E-state index < -0.39 is 0 Å². The van der Waals surface area contributed by atoms with E-state index in [0.717, 1.165) is 13.0 Å². The lowest BCUT2D eigenvalue weighted by Gasteiger charge is -2.19. The molecule has 86 valence electrons. The van der Waals surface area contributed by atoms with Crippen LogP contribution in [0.2, 0.25) is 0 Å². The maximum absolute atomic E-state index is 5.67. The molecule has 1 aliphatic rings. The van der Waals surface area contributed by atoms with E-state index in [1.807, 2.05) is 0 Å². The first-order valence-corrected chi connectivity index (χ1v) is 6.07. The molecule has 0 aromatic heterocycles. The number of hydrogen-bond donors (Lipinski definition) is 0. The molecule has 0 saturated heterocycles. The van der Waals surface area contributed by atoms with Crippen molar-refractivity contribution >= 4 is 0 Å². The molecule has 0 N–H and O–H groups in total. The van der Waals surface area contributed by atoms with Gasteiger partial charge in [0.25, 0.3) is 0 Å². The van der Waals surface area contributed by atoms with Crippen molar-refractivity contribution in [3.8, 4) is 0 Å². The summed E-state index contributed by atoms with van der Waals surface area (Å²) in [6.45, 7) is 7.24. The van der Waals surface area contributed by atoms with E-state index in [2.05, 4.69) is 39.0 Å². The van der Waals surface area contributed by atoms with Gasteiger partial charge in [-0.2, -0.15) is 0 Å². The third-order valence-corrected chi connectivity index (χ3v) is 2.49. The Kier molecular flexibility index (Phi) is 5.10. The monoisotopic (exact) mass is 208 g/mol. The number of ether oxygens (including phenoxy) is 1. The van der Waals surface area contributed by atoms with E-state index in [4.69, 9.17) is 4.74 Å². The zero-order valence-corrected chi connectivity index (χ0v) is 10.4. The van der Waals surface area contributed by atoms with E-state index in [0.29, 0.717) is 0 Å². The van der Waals surface area contributed by atoms with Crippen LogP contribution in [-0.2, 0) is 4.74 Å². The van der Waals surface area contributed by atoms with Crippen LogP contribution in [0, 0.1) is 0 Å². The van der Waals surface area contributed by atoms with Gasteiger partial charge >= 0.3 is 0 Å². The Morgan fingerprint density at radius 1 is 1.20 bits per heavy atom. The smallest absolute Gasteiger partial charge is 0.0598 e. The molecule has 0 aliphatic heterocycles. The molecule has 0 heterocycles. The summed E-state index contributed by atoms with van der Waals surface area (Å²) in [6, 6.07) is 0. The van der Waals surface area contributed by atoms with Crippen LogP contribution in [0.3, 0.4) is 0 Å². The van der Waals surface area contributed by atoms with Crippen LogP contribution in [0.5, 0.6) is 0 Å². The highest BCUT2D eigenvalue weighted by atomic mass is 16.5. The van der Waals surface area contributed by atoms with Gasteiger partial charge in [-0.3, -0.25) is 0 Å². The van der Waals surface area contributed by atoms with Crippen molar-refractivity contribution in [2.45, 2.75) is 58.5 Å². The molecule has 0 aromatic rings. The van der Waals surface area contributed by atoms with Gasteiger partial charge in [0.05, 0.1) is 5.60 Å². The van der Waals surface area contributed by atoms with E-state index in [-0.39, 0.29) is 5.60 Å². The molecule has 15 heavy (non-hydrogen) atoms. The molecule has 0 fully saturated rings. The number of hydrogen-bond acceptors (Lipinski definition) is 1. The molecule has 0 atom stereocenters. The van der Waals surface area contributed by atoms with Crippen molar-refractivity contribution in [3.63, 3.8) is 0 Å². The molecule has 1 nitrogen and oxygen atoms in total. The van der Waals surface area contributed by atoms with Crippen LogP contribution in [-0.4, -0.2) is 12.2 Å². The molecule has 1 rings (SSSR count). The highest BCUT2D eigenvalue weighted by Gasteiger charge is 2.08. The second kappa shape index (κ2) is 6.12. The fraction of sp³-hybridized carbons (Fsp3) is 0.714. The minimum atomic E-state index is 0.0245. The van der Waals surface area contributed by atoms with Gasteiger partial charge in [0.1, 0.15) is 0 Å². The number of rotatable bonds is 6. The van der Waals surface area contributed by atoms with Gasteiger partial charge in [0.2, 0.25) is 0 Å². The van der Waals surface area contributed by atoms with Gasteiger partial charge in [0.15, 0.2) is 0 Å². The Balaban J connectivity index is 1.91. The second-order valence-electron chi connectivity index (χ2n) is 5.19. The van der Waals surface area contributed by atoms with E-state index in [9.17, 15) is 0 Å². The van der Waals surface area contributed by atoms with Gasteiger partial charge < -0.3 is 4.74 Å². The van der Waals surface area contributed by atoms with Crippen LogP contribution in [0.4, 0.5) is 0 Å². The lowest BCUT2D eigenvalue weighted by molar-refractivity contribution is -0.00469. The maximum atomic E-state index is 5.67. The van der Waals surface area contributed by atoms with Crippen LogP contribution in [0.1, 0.15) is 52.9 Å². The van der Waals surface area contributed by atoms with E-state index >= 15 is 0 Å². The molecular formula is C14H24O. The van der Waals surface area contributed by atoms with Crippen molar-refractivity contribution in [2.24, 2.45) is 0 Å². The summed E-state index contributed by atoms with van der Waals surface area (Å²) in [5.74, 6) is 0. The molecular weight excluding hydrogens is 184 g/mol. The standard InChI is InChI=1S/C14H24O/c1-14(2,3)15-12-8-4-5-9-13-10-6-7-11-13/h6,10-11H,4-5,7-9,12H2,1-3H3. The Morgan fingerprint density at radius 2 is 2.00 bits per heavy atom. The van der Waals surface area contributed by atoms with Crippen molar-refractivity contribution in [1.29, 1.82) is 0 Å². The van der Waals surface area contributed by atoms with Crippen molar-refractivity contribution in [2.75, 3.05) is 6.61 Å². The molecule has 0 amide bonds. The van der Waals surface area contributed by atoms with Crippen LogP contribution < -0.4 is 0 Å². The molecule has 0 unspecified atom stereocenters. The largest absolute Gasteiger partial charge is 0.376 e. The zero-order chi connectivity index (χ0) is 11.1. The molecule has 0 radical (unpaired) electrons. The lowest BCUT2D eigenvalue weighted by atomic mass is 10.1. The van der Waals surface area contributed by atoms with Crippen LogP contribution in [0.25, 0.3) is 0 Å². The fourth-order valence-corrected chi connectivity index (χ4v) is 1.68. The first-order chi connectivity index (χ1) is 7.08. The quantitative estimate of drug-likeness (QED) is 0.593. The number of unbranched alkanes of at least 4 members (excludes halogenated alkanes) is 2. The topological polar surface area (TPSA) is 9.23 Å². The van der Waals surface area contributed by atoms with Crippen molar-refractivity contribution < 1.29 is 4.74 Å². The van der Waals surface area contributed by atoms with Crippen LogP contribution >= 0.6 is 0 Å². The normalized spacial score (nSPS) is 15.8. The Hall–Kier alpha value is -0.560. The maximum Gasteiger partial charge on any atom is 0.0598 e. The zero-order valence-electron chi connectivity index (χ0n) is 10.4. The number of allylic oxidation sites excluding steroid dienone is 4. The Bertz CT molecular complexity index is 230. The third kappa shape index (κ3) is 6.51. The summed E-state index contributed by atoms with van der Waals surface area (Å²) >= 11 is 0. The predicted molar refractivity (Wildman–Crippen MR) is 66.0 cm³/mol. The average Bonchev–Trinajstić information content (AvgIpc) is 2.61. The van der Waals surface area contributed by atoms with Gasteiger partial charge in [0, 0.05) is 6.61 Å². The minimum Gasteiger partial charge on any atom is -0.376 e. The fourth-order valence-electron chi connectivity index (χ4n) is 1.68. The molecule has 0 spiro atoms. The molecule has 0 bridgehead atoms. The SMILES string of the molecule is CC(C)(C)OCCCCCC1=CCC=C1. The van der Waals surface area contributed by atoms with Gasteiger partial charge in [-0.15, -0.1) is 0 Å². The van der Waals surface area contributed by atoms with Crippen molar-refractivity contribution in [1.82, 2.24) is 0 Å². The summed E-state index contributed by atoms with van der Waals surface area (Å²) in [5, 5.41) is 0. The predicted octanol–water partition coefficient (Wildman–Crippen LogP) is 4.25. The molecule has 0 aromatic carbocycles. The minimum absolute atomic E-state index is 0.0245. The molecule has 1 aliphatic carbocycles. The summed E-state index contributed by atoms with van der Waals surface area (Å²) in [4.78, 5) is 0. The first kappa shape index (κ1) is 12.5. The average molecular weight is 208 g/mol. The van der Waals surface area contributed by atoms with Gasteiger partial charge in [-0.25, -0.2) is 0 Å². The van der Waals surface area contributed by atoms with Gasteiger partial charge in [-0.1, -0.05) is 30.2 Å². The van der Waals surface area contributed by atoms with Crippen molar-refractivity contribution in [3.05, 3.63) is 23.8 Å². The first-order valence-electron chi connectivity index (χ1n) is 6.07. The summed E-state index contributed by atoms with van der Waals surface area (Å²) in [6.07, 6.45) is 13.0. The molecule has 1 heteroatoms. The third-order valence-electron chi connectivity index (χ3n) is 2.49. The highest BCUT2D eigenvalue weighted by Crippen LogP contribution is 2.16. The highest BCUT2D eigenvalue weighted by molar-refractivity contribution is 5.25. The summed E-state index contributed by atoms with van der Waals surface area (Å²) < 4.78 is 5.67. The van der Waals surface area contributed by atoms with E-state index in [1.54, 1.807) is 0 Å². The van der Waals surface area contributed by atoms with Crippen LogP contribution in [0.15, 0.2) is 23.8 Å². The lowest BCUT2D eigenvalue weighted by Crippen LogP contribution is -2.19.